The zero-order chi connectivity index (χ0) is 9.14. The molecule has 0 aliphatic rings. The Morgan fingerprint density at radius 1 is 1.38 bits per heavy atom. The summed E-state index contributed by atoms with van der Waals surface area (Å²) in [5.74, 6) is 0.830. The molecule has 0 saturated heterocycles. The molecule has 0 spiro atoms. The summed E-state index contributed by atoms with van der Waals surface area (Å²) in [5, 5.41) is 0. The van der Waals surface area contributed by atoms with Crippen LogP contribution < -0.4 is 10.5 Å². The molecule has 1 aromatic carbocycles. The van der Waals surface area contributed by atoms with Crippen LogP contribution in [0.5, 0.6) is 5.75 Å². The second kappa shape index (κ2) is 5.47. The smallest absolute Gasteiger partial charge is 0.120 e. The van der Waals surface area contributed by atoms with Crippen molar-refractivity contribution < 1.29 is 4.74 Å². The summed E-state index contributed by atoms with van der Waals surface area (Å²) in [7, 11) is 1.65. The minimum absolute atomic E-state index is 0. The van der Waals surface area contributed by atoms with Crippen LogP contribution >= 0.6 is 28.3 Å². The number of benzene rings is 1. The van der Waals surface area contributed by atoms with E-state index in [1.54, 1.807) is 7.11 Å². The molecule has 0 aromatic heterocycles. The van der Waals surface area contributed by atoms with Gasteiger partial charge in [0.15, 0.2) is 0 Å². The molecule has 0 amide bonds. The number of ether oxygens (including phenoxy) is 1. The van der Waals surface area contributed by atoms with Crippen LogP contribution in [0.15, 0.2) is 22.7 Å². The monoisotopic (exact) mass is 265 g/mol. The summed E-state index contributed by atoms with van der Waals surface area (Å²) in [6, 6.07) is 5.88. The van der Waals surface area contributed by atoms with E-state index in [1.165, 1.54) is 0 Å². The second-order valence-corrected chi connectivity index (χ2v) is 3.63. The molecular formula is C9H13BrClNO. The van der Waals surface area contributed by atoms with Crippen molar-refractivity contribution in [3.05, 3.63) is 28.2 Å². The third-order valence-corrected chi connectivity index (χ3v) is 2.11. The number of methoxy groups -OCH3 is 1. The van der Waals surface area contributed by atoms with Crippen molar-refractivity contribution >= 4 is 28.3 Å². The largest absolute Gasteiger partial charge is 0.497 e. The van der Waals surface area contributed by atoms with Gasteiger partial charge in [0.1, 0.15) is 5.75 Å². The highest BCUT2D eigenvalue weighted by molar-refractivity contribution is 9.10. The maximum atomic E-state index is 5.73. The molecule has 0 saturated carbocycles. The number of rotatable bonds is 2. The van der Waals surface area contributed by atoms with Crippen LogP contribution in [0.2, 0.25) is 0 Å². The Bertz CT molecular complexity index is 278. The lowest BCUT2D eigenvalue weighted by atomic mass is 10.1. The minimum atomic E-state index is 0. The van der Waals surface area contributed by atoms with Gasteiger partial charge in [0.25, 0.3) is 0 Å². The first-order valence-electron chi connectivity index (χ1n) is 3.73. The molecule has 0 heterocycles. The normalized spacial score (nSPS) is 11.7. The SMILES string of the molecule is COc1cc(Br)cc(C(C)N)c1.Cl. The average molecular weight is 267 g/mol. The van der Waals surface area contributed by atoms with E-state index in [0.29, 0.717) is 0 Å². The number of hydrogen-bond acceptors (Lipinski definition) is 2. The average Bonchev–Trinajstić information content (AvgIpc) is 2.03. The van der Waals surface area contributed by atoms with Gasteiger partial charge in [-0.05, 0) is 30.7 Å². The number of hydrogen-bond donors (Lipinski definition) is 1. The molecule has 1 aromatic rings. The highest BCUT2D eigenvalue weighted by Gasteiger charge is 2.02. The molecule has 1 atom stereocenters. The van der Waals surface area contributed by atoms with Crippen molar-refractivity contribution in [3.63, 3.8) is 0 Å². The summed E-state index contributed by atoms with van der Waals surface area (Å²) >= 11 is 3.39. The van der Waals surface area contributed by atoms with Crippen LogP contribution in [-0.4, -0.2) is 7.11 Å². The van der Waals surface area contributed by atoms with Crippen LogP contribution in [0.3, 0.4) is 0 Å². The highest BCUT2D eigenvalue weighted by Crippen LogP contribution is 2.23. The van der Waals surface area contributed by atoms with Crippen LogP contribution in [0.1, 0.15) is 18.5 Å². The van der Waals surface area contributed by atoms with Crippen molar-refractivity contribution in [2.75, 3.05) is 7.11 Å². The van der Waals surface area contributed by atoms with Crippen molar-refractivity contribution in [2.24, 2.45) is 5.73 Å². The lowest BCUT2D eigenvalue weighted by Gasteiger charge is -2.08. The Kier molecular flexibility index (Phi) is 5.37. The van der Waals surface area contributed by atoms with E-state index in [4.69, 9.17) is 10.5 Å². The van der Waals surface area contributed by atoms with Gasteiger partial charge < -0.3 is 10.5 Å². The quantitative estimate of drug-likeness (QED) is 0.893. The zero-order valence-corrected chi connectivity index (χ0v) is 9.98. The van der Waals surface area contributed by atoms with Gasteiger partial charge in [0, 0.05) is 10.5 Å². The van der Waals surface area contributed by atoms with Gasteiger partial charge in [-0.3, -0.25) is 0 Å². The van der Waals surface area contributed by atoms with E-state index in [1.807, 2.05) is 25.1 Å². The van der Waals surface area contributed by atoms with Crippen LogP contribution in [0, 0.1) is 0 Å². The molecule has 1 unspecified atom stereocenters. The molecule has 4 heteroatoms. The van der Waals surface area contributed by atoms with E-state index < -0.39 is 0 Å². The van der Waals surface area contributed by atoms with Crippen LogP contribution in [-0.2, 0) is 0 Å². The summed E-state index contributed by atoms with van der Waals surface area (Å²) in [4.78, 5) is 0. The molecule has 2 N–H and O–H groups in total. The van der Waals surface area contributed by atoms with E-state index in [-0.39, 0.29) is 18.4 Å². The molecule has 1 rings (SSSR count). The first kappa shape index (κ1) is 12.8. The van der Waals surface area contributed by atoms with Gasteiger partial charge in [0.2, 0.25) is 0 Å². The molecular weight excluding hydrogens is 253 g/mol. The van der Waals surface area contributed by atoms with Gasteiger partial charge >= 0.3 is 0 Å². The molecule has 0 aliphatic heterocycles. The first-order valence-corrected chi connectivity index (χ1v) is 4.53. The van der Waals surface area contributed by atoms with Crippen LogP contribution in [0.25, 0.3) is 0 Å². The van der Waals surface area contributed by atoms with Gasteiger partial charge in [0.05, 0.1) is 7.11 Å². The Hall–Kier alpha value is -0.250. The molecule has 0 radical (unpaired) electrons. The third-order valence-electron chi connectivity index (χ3n) is 1.66. The number of nitrogens with two attached hydrogens (primary N) is 1. The van der Waals surface area contributed by atoms with Crippen molar-refractivity contribution in [1.82, 2.24) is 0 Å². The van der Waals surface area contributed by atoms with E-state index in [2.05, 4.69) is 15.9 Å². The van der Waals surface area contributed by atoms with Gasteiger partial charge in [-0.15, -0.1) is 12.4 Å². The first-order chi connectivity index (χ1) is 5.63. The van der Waals surface area contributed by atoms with Crippen molar-refractivity contribution in [2.45, 2.75) is 13.0 Å². The number of halogens is 2. The summed E-state index contributed by atoms with van der Waals surface area (Å²) in [6.07, 6.45) is 0. The predicted octanol–water partition coefficient (Wildman–Crippen LogP) is 2.90. The fourth-order valence-electron chi connectivity index (χ4n) is 0.965. The Labute approximate surface area is 93.0 Å². The van der Waals surface area contributed by atoms with Gasteiger partial charge in [-0.2, -0.15) is 0 Å². The summed E-state index contributed by atoms with van der Waals surface area (Å²) < 4.78 is 6.09. The van der Waals surface area contributed by atoms with Crippen molar-refractivity contribution in [1.29, 1.82) is 0 Å². The fourth-order valence-corrected chi connectivity index (χ4v) is 1.46. The molecule has 0 aliphatic carbocycles. The second-order valence-electron chi connectivity index (χ2n) is 2.71. The summed E-state index contributed by atoms with van der Waals surface area (Å²) in [5.41, 5.74) is 6.80. The standard InChI is InChI=1S/C9H12BrNO.ClH/c1-6(11)7-3-8(10)5-9(4-7)12-2;/h3-6H,11H2,1-2H3;1H. The Morgan fingerprint density at radius 3 is 2.46 bits per heavy atom. The molecule has 0 bridgehead atoms. The molecule has 74 valence electrons. The van der Waals surface area contributed by atoms with E-state index >= 15 is 0 Å². The topological polar surface area (TPSA) is 35.2 Å². The lowest BCUT2D eigenvalue weighted by Crippen LogP contribution is -2.04. The van der Waals surface area contributed by atoms with Crippen molar-refractivity contribution in [3.8, 4) is 5.75 Å². The Morgan fingerprint density at radius 2 is 2.00 bits per heavy atom. The maximum absolute atomic E-state index is 5.73. The Balaban J connectivity index is 0.00000144. The van der Waals surface area contributed by atoms with Gasteiger partial charge in [-0.25, -0.2) is 0 Å². The molecule has 13 heavy (non-hydrogen) atoms. The highest BCUT2D eigenvalue weighted by atomic mass is 79.9. The van der Waals surface area contributed by atoms with E-state index in [0.717, 1.165) is 15.8 Å². The molecule has 0 fully saturated rings. The molecule has 2 nitrogen and oxygen atoms in total. The summed E-state index contributed by atoms with van der Waals surface area (Å²) in [6.45, 7) is 1.95. The fraction of sp³-hybridized carbons (Fsp3) is 0.333. The maximum Gasteiger partial charge on any atom is 0.120 e. The van der Waals surface area contributed by atoms with Crippen LogP contribution in [0.4, 0.5) is 0 Å². The third kappa shape index (κ3) is 3.55. The minimum Gasteiger partial charge on any atom is -0.497 e. The van der Waals surface area contributed by atoms with Gasteiger partial charge in [-0.1, -0.05) is 15.9 Å². The lowest BCUT2D eigenvalue weighted by molar-refractivity contribution is 0.413. The zero-order valence-electron chi connectivity index (χ0n) is 7.58. The predicted molar refractivity (Wildman–Crippen MR) is 60.5 cm³/mol. The van der Waals surface area contributed by atoms with E-state index in [9.17, 15) is 0 Å².